The number of aliphatic imine (C=N–C) groups is 1. The Morgan fingerprint density at radius 3 is 3.08 bits per heavy atom. The van der Waals surface area contributed by atoms with Gasteiger partial charge in [0.15, 0.2) is 0 Å². The van der Waals surface area contributed by atoms with E-state index in [1.54, 1.807) is 6.20 Å². The quantitative estimate of drug-likeness (QED) is 0.517. The summed E-state index contributed by atoms with van der Waals surface area (Å²) in [5.74, 6) is 0.572. The fourth-order valence-corrected chi connectivity index (χ4v) is 1.09. The molecule has 0 unspecified atom stereocenters. The van der Waals surface area contributed by atoms with Gasteiger partial charge >= 0.3 is 0 Å². The van der Waals surface area contributed by atoms with E-state index in [4.69, 9.17) is 0 Å². The van der Waals surface area contributed by atoms with E-state index in [9.17, 15) is 4.79 Å². The van der Waals surface area contributed by atoms with Crippen LogP contribution in [0.25, 0.3) is 0 Å². The molecule has 0 spiro atoms. The number of hydrogen-bond donors (Lipinski definition) is 0. The van der Waals surface area contributed by atoms with Crippen molar-refractivity contribution >= 4 is 6.08 Å². The van der Waals surface area contributed by atoms with Crippen molar-refractivity contribution in [2.75, 3.05) is 0 Å². The maximum Gasteiger partial charge on any atom is 0.235 e. The normalized spacial score (nSPS) is 10.1. The molecule has 0 fully saturated rings. The predicted octanol–water partition coefficient (Wildman–Crippen LogP) is 1.37. The van der Waals surface area contributed by atoms with Gasteiger partial charge in [0, 0.05) is 18.3 Å². The molecule has 0 aliphatic rings. The third-order valence-corrected chi connectivity index (χ3v) is 1.57. The lowest BCUT2D eigenvalue weighted by Crippen LogP contribution is -2.04. The van der Waals surface area contributed by atoms with Crippen LogP contribution in [-0.2, 0) is 17.9 Å². The number of hydrogen-bond acceptors (Lipinski definition) is 3. The minimum absolute atomic E-state index is 0.377. The van der Waals surface area contributed by atoms with Crippen molar-refractivity contribution in [3.8, 4) is 0 Å². The summed E-state index contributed by atoms with van der Waals surface area (Å²) >= 11 is 0. The summed E-state index contributed by atoms with van der Waals surface area (Å²) in [5.41, 5.74) is 0.948. The highest BCUT2D eigenvalue weighted by Gasteiger charge is 1.99. The Kier molecular flexibility index (Phi) is 3.41. The molecule has 1 rings (SSSR count). The van der Waals surface area contributed by atoms with Crippen molar-refractivity contribution in [3.63, 3.8) is 0 Å². The lowest BCUT2D eigenvalue weighted by molar-refractivity contribution is 0.483. The van der Waals surface area contributed by atoms with Gasteiger partial charge < -0.3 is 0 Å². The molecule has 1 aromatic rings. The van der Waals surface area contributed by atoms with E-state index in [0.29, 0.717) is 12.5 Å². The standard InChI is InChI=1S/C9H13N3O/c1-8(2)5-12-6-9(4-11-12)3-10-7-13/h4,6,8H,3,5H2,1-2H3. The van der Waals surface area contributed by atoms with Crippen LogP contribution in [0, 0.1) is 5.92 Å². The van der Waals surface area contributed by atoms with Crippen molar-refractivity contribution in [1.29, 1.82) is 0 Å². The molecule has 0 atom stereocenters. The zero-order valence-corrected chi connectivity index (χ0v) is 7.90. The Labute approximate surface area is 77.3 Å². The number of carbonyl (C=O) groups excluding carboxylic acids is 1. The highest BCUT2D eigenvalue weighted by atomic mass is 16.1. The Balaban J connectivity index is 2.58. The van der Waals surface area contributed by atoms with Gasteiger partial charge in [-0.25, -0.2) is 9.79 Å². The van der Waals surface area contributed by atoms with Crippen LogP contribution in [0.5, 0.6) is 0 Å². The molecule has 0 aromatic carbocycles. The van der Waals surface area contributed by atoms with Gasteiger partial charge in [0.25, 0.3) is 0 Å². The van der Waals surface area contributed by atoms with Gasteiger partial charge in [-0.2, -0.15) is 5.10 Å². The summed E-state index contributed by atoms with van der Waals surface area (Å²) in [4.78, 5) is 13.3. The van der Waals surface area contributed by atoms with Crippen molar-refractivity contribution in [2.45, 2.75) is 26.9 Å². The molecule has 0 radical (unpaired) electrons. The molecule has 4 heteroatoms. The first-order valence-corrected chi connectivity index (χ1v) is 4.27. The Bertz CT molecular complexity index is 310. The average Bonchev–Trinajstić information content (AvgIpc) is 2.48. The Morgan fingerprint density at radius 2 is 2.46 bits per heavy atom. The van der Waals surface area contributed by atoms with Gasteiger partial charge in [-0.15, -0.1) is 0 Å². The zero-order chi connectivity index (χ0) is 9.68. The molecule has 4 nitrogen and oxygen atoms in total. The van der Waals surface area contributed by atoms with E-state index >= 15 is 0 Å². The van der Waals surface area contributed by atoms with Crippen molar-refractivity contribution < 1.29 is 4.79 Å². The number of nitrogens with zero attached hydrogens (tertiary/aromatic N) is 3. The van der Waals surface area contributed by atoms with E-state index < -0.39 is 0 Å². The minimum atomic E-state index is 0.377. The molecule has 1 heterocycles. The van der Waals surface area contributed by atoms with Gasteiger partial charge in [-0.1, -0.05) is 13.8 Å². The van der Waals surface area contributed by atoms with Crippen LogP contribution < -0.4 is 0 Å². The Morgan fingerprint density at radius 1 is 1.69 bits per heavy atom. The van der Waals surface area contributed by atoms with Crippen LogP contribution in [0.15, 0.2) is 17.4 Å². The second kappa shape index (κ2) is 4.58. The highest BCUT2D eigenvalue weighted by molar-refractivity contribution is 5.33. The van der Waals surface area contributed by atoms with Gasteiger partial charge in [0.2, 0.25) is 6.08 Å². The fourth-order valence-electron chi connectivity index (χ4n) is 1.09. The van der Waals surface area contributed by atoms with Crippen LogP contribution in [0.3, 0.4) is 0 Å². The smallest absolute Gasteiger partial charge is 0.235 e. The van der Waals surface area contributed by atoms with Crippen molar-refractivity contribution in [3.05, 3.63) is 18.0 Å². The molecule has 0 amide bonds. The Hall–Kier alpha value is -1.41. The average molecular weight is 179 g/mol. The second-order valence-electron chi connectivity index (χ2n) is 3.37. The predicted molar refractivity (Wildman–Crippen MR) is 48.9 cm³/mol. The molecule has 0 aliphatic carbocycles. The second-order valence-corrected chi connectivity index (χ2v) is 3.37. The summed E-state index contributed by atoms with van der Waals surface area (Å²) in [6.45, 7) is 5.53. The topological polar surface area (TPSA) is 47.2 Å². The zero-order valence-electron chi connectivity index (χ0n) is 7.90. The van der Waals surface area contributed by atoms with E-state index in [1.807, 2.05) is 10.9 Å². The number of rotatable bonds is 4. The van der Waals surface area contributed by atoms with Crippen LogP contribution in [0.2, 0.25) is 0 Å². The van der Waals surface area contributed by atoms with Gasteiger partial charge in [-0.3, -0.25) is 4.68 Å². The van der Waals surface area contributed by atoms with Gasteiger partial charge in [-0.05, 0) is 5.92 Å². The molecular weight excluding hydrogens is 166 g/mol. The van der Waals surface area contributed by atoms with Crippen molar-refractivity contribution in [2.24, 2.45) is 10.9 Å². The van der Waals surface area contributed by atoms with Gasteiger partial charge in [0.05, 0.1) is 12.7 Å². The fraction of sp³-hybridized carbons (Fsp3) is 0.556. The first kappa shape index (κ1) is 9.68. The first-order chi connectivity index (χ1) is 6.22. The van der Waals surface area contributed by atoms with E-state index in [-0.39, 0.29) is 0 Å². The molecule has 13 heavy (non-hydrogen) atoms. The van der Waals surface area contributed by atoms with Crippen molar-refractivity contribution in [1.82, 2.24) is 9.78 Å². The highest BCUT2D eigenvalue weighted by Crippen LogP contribution is 2.02. The van der Waals surface area contributed by atoms with Gasteiger partial charge in [0.1, 0.15) is 0 Å². The van der Waals surface area contributed by atoms with Crippen LogP contribution in [0.1, 0.15) is 19.4 Å². The summed E-state index contributed by atoms with van der Waals surface area (Å²) in [5, 5.41) is 4.14. The van der Waals surface area contributed by atoms with Crippen LogP contribution in [0.4, 0.5) is 0 Å². The maximum absolute atomic E-state index is 9.84. The molecule has 0 aliphatic heterocycles. The molecular formula is C9H13N3O. The molecule has 0 saturated heterocycles. The van der Waals surface area contributed by atoms with Crippen LogP contribution in [-0.4, -0.2) is 15.9 Å². The molecule has 70 valence electrons. The third kappa shape index (κ3) is 3.22. The molecule has 0 N–H and O–H groups in total. The molecule has 1 aromatic heterocycles. The SMILES string of the molecule is CC(C)Cn1cc(CN=C=O)cn1. The molecule has 0 bridgehead atoms. The minimum Gasteiger partial charge on any atom is -0.272 e. The third-order valence-electron chi connectivity index (χ3n) is 1.57. The first-order valence-electron chi connectivity index (χ1n) is 4.27. The van der Waals surface area contributed by atoms with E-state index in [2.05, 4.69) is 23.9 Å². The summed E-state index contributed by atoms with van der Waals surface area (Å²) < 4.78 is 1.86. The summed E-state index contributed by atoms with van der Waals surface area (Å²) in [7, 11) is 0. The lowest BCUT2D eigenvalue weighted by Gasteiger charge is -2.02. The number of aromatic nitrogens is 2. The monoisotopic (exact) mass is 179 g/mol. The lowest BCUT2D eigenvalue weighted by atomic mass is 10.2. The summed E-state index contributed by atoms with van der Waals surface area (Å²) in [6, 6.07) is 0. The van der Waals surface area contributed by atoms with E-state index in [1.165, 1.54) is 6.08 Å². The summed E-state index contributed by atoms with van der Waals surface area (Å²) in [6.07, 6.45) is 5.13. The van der Waals surface area contributed by atoms with E-state index in [0.717, 1.165) is 12.1 Å². The van der Waals surface area contributed by atoms with Crippen LogP contribution >= 0.6 is 0 Å². The largest absolute Gasteiger partial charge is 0.272 e. The maximum atomic E-state index is 9.84. The number of isocyanates is 1. The molecule has 0 saturated carbocycles.